The second-order valence-corrected chi connectivity index (χ2v) is 5.75. The molecule has 6 heteroatoms. The Kier molecular flexibility index (Phi) is 5.29. The molecule has 0 saturated carbocycles. The van der Waals surface area contributed by atoms with Gasteiger partial charge >= 0.3 is 0 Å². The Hall–Kier alpha value is -0.530. The molecule has 0 aromatic carbocycles. The molecular weight excluding hydrogens is 264 g/mol. The van der Waals surface area contributed by atoms with Gasteiger partial charge in [0.2, 0.25) is 0 Å². The Morgan fingerprint density at radius 3 is 2.68 bits per heavy atom. The van der Waals surface area contributed by atoms with E-state index in [1.807, 2.05) is 7.05 Å². The van der Waals surface area contributed by atoms with E-state index in [-0.39, 0.29) is 5.60 Å². The highest BCUT2D eigenvalue weighted by atomic mass is 32.1. The molecular formula is C13H22N2O3S. The quantitative estimate of drug-likeness (QED) is 0.862. The minimum absolute atomic E-state index is 0.280. The fourth-order valence-electron chi connectivity index (χ4n) is 2.33. The minimum atomic E-state index is -0.280. The van der Waals surface area contributed by atoms with Gasteiger partial charge < -0.3 is 19.5 Å². The van der Waals surface area contributed by atoms with Crippen molar-refractivity contribution in [3.63, 3.8) is 0 Å². The summed E-state index contributed by atoms with van der Waals surface area (Å²) < 4.78 is 16.5. The SMILES string of the molecule is CNCc1sc(C2(OC)CCOCC2)nc1COC. The molecule has 2 rings (SSSR count). The van der Waals surface area contributed by atoms with Gasteiger partial charge in [0.25, 0.3) is 0 Å². The van der Waals surface area contributed by atoms with Crippen LogP contribution in [0.4, 0.5) is 0 Å². The lowest BCUT2D eigenvalue weighted by Gasteiger charge is -2.33. The van der Waals surface area contributed by atoms with Crippen molar-refractivity contribution >= 4 is 11.3 Å². The van der Waals surface area contributed by atoms with Crippen LogP contribution in [0, 0.1) is 0 Å². The van der Waals surface area contributed by atoms with Gasteiger partial charge in [-0.1, -0.05) is 0 Å². The van der Waals surface area contributed by atoms with Crippen LogP contribution in [0.1, 0.15) is 28.4 Å². The Morgan fingerprint density at radius 2 is 2.11 bits per heavy atom. The molecule has 1 aromatic rings. The second kappa shape index (κ2) is 6.76. The van der Waals surface area contributed by atoms with Gasteiger partial charge in [-0.3, -0.25) is 0 Å². The summed E-state index contributed by atoms with van der Waals surface area (Å²) in [6.45, 7) is 2.82. The van der Waals surface area contributed by atoms with Crippen LogP contribution in [0.15, 0.2) is 0 Å². The molecule has 2 heterocycles. The van der Waals surface area contributed by atoms with Crippen molar-refractivity contribution in [2.75, 3.05) is 34.5 Å². The summed E-state index contributed by atoms with van der Waals surface area (Å²) >= 11 is 1.72. The van der Waals surface area contributed by atoms with Crippen molar-refractivity contribution in [1.82, 2.24) is 10.3 Å². The van der Waals surface area contributed by atoms with Crippen molar-refractivity contribution in [1.29, 1.82) is 0 Å². The first-order chi connectivity index (χ1) is 9.25. The topological polar surface area (TPSA) is 52.6 Å². The van der Waals surface area contributed by atoms with Crippen LogP contribution in [-0.4, -0.2) is 39.5 Å². The molecule has 1 N–H and O–H groups in total. The third-order valence-corrected chi connectivity index (χ3v) is 4.76. The second-order valence-electron chi connectivity index (χ2n) is 4.66. The predicted octanol–water partition coefficient (Wildman–Crippen LogP) is 1.66. The first kappa shape index (κ1) is 14.9. The molecule has 1 fully saturated rings. The molecule has 0 bridgehead atoms. The van der Waals surface area contributed by atoms with Gasteiger partial charge in [0, 0.05) is 51.7 Å². The third-order valence-electron chi connectivity index (χ3n) is 3.48. The maximum absolute atomic E-state index is 5.80. The average Bonchev–Trinajstić information content (AvgIpc) is 2.84. The van der Waals surface area contributed by atoms with Gasteiger partial charge in [-0.15, -0.1) is 11.3 Å². The van der Waals surface area contributed by atoms with Crippen LogP contribution in [-0.2, 0) is 33.0 Å². The molecule has 1 saturated heterocycles. The number of hydrogen-bond donors (Lipinski definition) is 1. The van der Waals surface area contributed by atoms with E-state index in [0.29, 0.717) is 6.61 Å². The lowest BCUT2D eigenvalue weighted by atomic mass is 9.95. The average molecular weight is 286 g/mol. The monoisotopic (exact) mass is 286 g/mol. The minimum Gasteiger partial charge on any atom is -0.381 e. The van der Waals surface area contributed by atoms with E-state index in [2.05, 4.69) is 5.32 Å². The van der Waals surface area contributed by atoms with E-state index < -0.39 is 0 Å². The molecule has 0 radical (unpaired) electrons. The van der Waals surface area contributed by atoms with Crippen molar-refractivity contribution in [2.45, 2.75) is 31.6 Å². The smallest absolute Gasteiger partial charge is 0.125 e. The van der Waals surface area contributed by atoms with E-state index >= 15 is 0 Å². The summed E-state index contributed by atoms with van der Waals surface area (Å²) in [6, 6.07) is 0. The standard InChI is InChI=1S/C13H22N2O3S/c1-14-8-11-10(9-16-2)15-12(19-11)13(17-3)4-6-18-7-5-13/h14H,4-9H2,1-3H3. The zero-order chi connectivity index (χ0) is 13.7. The predicted molar refractivity (Wildman–Crippen MR) is 74.3 cm³/mol. The van der Waals surface area contributed by atoms with Crippen LogP contribution < -0.4 is 5.32 Å². The van der Waals surface area contributed by atoms with Crippen molar-refractivity contribution in [2.24, 2.45) is 0 Å². The number of thiazole rings is 1. The Balaban J connectivity index is 2.29. The molecule has 108 valence electrons. The molecule has 0 amide bonds. The summed E-state index contributed by atoms with van der Waals surface area (Å²) in [4.78, 5) is 5.98. The zero-order valence-corrected chi connectivity index (χ0v) is 12.6. The van der Waals surface area contributed by atoms with Crippen molar-refractivity contribution < 1.29 is 14.2 Å². The van der Waals surface area contributed by atoms with Gasteiger partial charge in [0.05, 0.1) is 12.3 Å². The number of ether oxygens (including phenoxy) is 3. The Labute approximate surface area is 118 Å². The number of rotatable bonds is 6. The molecule has 0 spiro atoms. The first-order valence-electron chi connectivity index (χ1n) is 6.51. The highest BCUT2D eigenvalue weighted by Gasteiger charge is 2.38. The molecule has 0 atom stereocenters. The van der Waals surface area contributed by atoms with E-state index in [0.717, 1.165) is 43.3 Å². The van der Waals surface area contributed by atoms with Crippen LogP contribution in [0.3, 0.4) is 0 Å². The number of aromatic nitrogens is 1. The van der Waals surface area contributed by atoms with Crippen LogP contribution in [0.2, 0.25) is 0 Å². The molecule has 5 nitrogen and oxygen atoms in total. The van der Waals surface area contributed by atoms with Crippen LogP contribution in [0.25, 0.3) is 0 Å². The van der Waals surface area contributed by atoms with Gasteiger partial charge in [-0.05, 0) is 7.05 Å². The Morgan fingerprint density at radius 1 is 1.37 bits per heavy atom. The first-order valence-corrected chi connectivity index (χ1v) is 7.33. The molecule has 0 aliphatic carbocycles. The summed E-state index contributed by atoms with van der Waals surface area (Å²) in [5.74, 6) is 0. The molecule has 1 aliphatic rings. The largest absolute Gasteiger partial charge is 0.381 e. The third kappa shape index (κ3) is 3.14. The molecule has 1 aromatic heterocycles. The Bertz CT molecular complexity index is 379. The van der Waals surface area contributed by atoms with E-state index in [1.54, 1.807) is 25.6 Å². The number of hydrogen-bond acceptors (Lipinski definition) is 6. The lowest BCUT2D eigenvalue weighted by Crippen LogP contribution is -2.35. The molecule has 1 aliphatic heterocycles. The summed E-state index contributed by atoms with van der Waals surface area (Å²) in [5, 5.41) is 4.23. The summed E-state index contributed by atoms with van der Waals surface area (Å²) in [6.07, 6.45) is 1.73. The normalized spacial score (nSPS) is 18.7. The van der Waals surface area contributed by atoms with Gasteiger partial charge in [0.15, 0.2) is 0 Å². The van der Waals surface area contributed by atoms with E-state index in [4.69, 9.17) is 19.2 Å². The highest BCUT2D eigenvalue weighted by molar-refractivity contribution is 7.11. The molecule has 0 unspecified atom stereocenters. The van der Waals surface area contributed by atoms with E-state index in [1.165, 1.54) is 4.88 Å². The van der Waals surface area contributed by atoms with Crippen LogP contribution in [0.5, 0.6) is 0 Å². The van der Waals surface area contributed by atoms with Gasteiger partial charge in [-0.25, -0.2) is 4.98 Å². The van der Waals surface area contributed by atoms with Gasteiger partial charge in [0.1, 0.15) is 10.6 Å². The van der Waals surface area contributed by atoms with Crippen molar-refractivity contribution in [3.05, 3.63) is 15.6 Å². The summed E-state index contributed by atoms with van der Waals surface area (Å²) in [5.41, 5.74) is 0.733. The fourth-order valence-corrected chi connectivity index (χ4v) is 3.63. The fraction of sp³-hybridized carbons (Fsp3) is 0.769. The summed E-state index contributed by atoms with van der Waals surface area (Å²) in [7, 11) is 5.40. The number of nitrogens with zero attached hydrogens (tertiary/aromatic N) is 1. The maximum Gasteiger partial charge on any atom is 0.125 e. The van der Waals surface area contributed by atoms with Crippen LogP contribution >= 0.6 is 11.3 Å². The maximum atomic E-state index is 5.80. The lowest BCUT2D eigenvalue weighted by molar-refractivity contribution is -0.0949. The molecule has 19 heavy (non-hydrogen) atoms. The van der Waals surface area contributed by atoms with Crippen molar-refractivity contribution in [3.8, 4) is 0 Å². The number of methoxy groups -OCH3 is 2. The number of nitrogens with one attached hydrogen (secondary N) is 1. The van der Waals surface area contributed by atoms with Gasteiger partial charge in [-0.2, -0.15) is 0 Å². The zero-order valence-electron chi connectivity index (χ0n) is 11.8. The highest BCUT2D eigenvalue weighted by Crippen LogP contribution is 2.38. The van der Waals surface area contributed by atoms with E-state index in [9.17, 15) is 0 Å².